The molecule has 3 aromatic rings. The second-order valence-electron chi connectivity index (χ2n) is 7.74. The standard InChI is InChI=1S/C25H23ClN2O3S/c1-2-13-28-16-23(19-6-4-8-21(26)15-19)24(25(28)29)20-7-3-5-18(14-20)17-9-11-22(12-10-17)32(27,30)31/h3-12,14-15H,2,13,16H2,1H3,(H2,27,30,31). The smallest absolute Gasteiger partial charge is 0.255 e. The van der Waals surface area contributed by atoms with Crippen molar-refractivity contribution in [3.05, 3.63) is 88.9 Å². The highest BCUT2D eigenvalue weighted by molar-refractivity contribution is 7.89. The molecule has 0 saturated heterocycles. The van der Waals surface area contributed by atoms with Crippen molar-refractivity contribution in [2.24, 2.45) is 5.14 Å². The molecule has 1 heterocycles. The number of amides is 1. The number of hydrogen-bond acceptors (Lipinski definition) is 3. The van der Waals surface area contributed by atoms with Gasteiger partial charge in [0.2, 0.25) is 10.0 Å². The van der Waals surface area contributed by atoms with Gasteiger partial charge in [0.15, 0.2) is 0 Å². The van der Waals surface area contributed by atoms with E-state index in [-0.39, 0.29) is 10.8 Å². The minimum absolute atomic E-state index is 0.00329. The van der Waals surface area contributed by atoms with Crippen molar-refractivity contribution in [1.82, 2.24) is 4.90 Å². The predicted octanol–water partition coefficient (Wildman–Crippen LogP) is 4.82. The zero-order chi connectivity index (χ0) is 22.9. The molecule has 0 bridgehead atoms. The number of halogens is 1. The third-order valence-corrected chi connectivity index (χ3v) is 6.65. The van der Waals surface area contributed by atoms with E-state index in [1.165, 1.54) is 12.1 Å². The second-order valence-corrected chi connectivity index (χ2v) is 9.74. The summed E-state index contributed by atoms with van der Waals surface area (Å²) in [6.07, 6.45) is 0.873. The molecule has 0 unspecified atom stereocenters. The molecule has 2 N–H and O–H groups in total. The second kappa shape index (κ2) is 8.90. The van der Waals surface area contributed by atoms with E-state index in [1.807, 2.05) is 53.4 Å². The van der Waals surface area contributed by atoms with E-state index in [2.05, 4.69) is 6.92 Å². The van der Waals surface area contributed by atoms with Crippen LogP contribution in [0.15, 0.2) is 77.7 Å². The van der Waals surface area contributed by atoms with Crippen LogP contribution in [0.5, 0.6) is 0 Å². The molecule has 0 atom stereocenters. The molecule has 7 heteroatoms. The molecule has 3 aromatic carbocycles. The van der Waals surface area contributed by atoms with Crippen LogP contribution in [-0.4, -0.2) is 32.3 Å². The van der Waals surface area contributed by atoms with Gasteiger partial charge in [-0.3, -0.25) is 4.79 Å². The summed E-state index contributed by atoms with van der Waals surface area (Å²) in [6.45, 7) is 3.27. The quantitative estimate of drug-likeness (QED) is 0.565. The van der Waals surface area contributed by atoms with Crippen LogP contribution in [-0.2, 0) is 14.8 Å². The van der Waals surface area contributed by atoms with E-state index in [1.54, 1.807) is 12.1 Å². The number of primary sulfonamides is 1. The molecule has 0 radical (unpaired) electrons. The number of carbonyl (C=O) groups is 1. The summed E-state index contributed by atoms with van der Waals surface area (Å²) in [6, 6.07) is 21.7. The van der Waals surface area contributed by atoms with Gasteiger partial charge in [0.1, 0.15) is 0 Å². The van der Waals surface area contributed by atoms with Gasteiger partial charge in [-0.25, -0.2) is 13.6 Å². The maximum Gasteiger partial charge on any atom is 0.255 e. The fourth-order valence-corrected chi connectivity index (χ4v) is 4.69. The largest absolute Gasteiger partial charge is 0.334 e. The van der Waals surface area contributed by atoms with Crippen molar-refractivity contribution in [3.8, 4) is 11.1 Å². The Bertz CT molecular complexity index is 1320. The minimum atomic E-state index is -3.75. The normalized spacial score (nSPS) is 14.3. The molecule has 0 saturated carbocycles. The maximum atomic E-state index is 13.3. The van der Waals surface area contributed by atoms with Gasteiger partial charge in [0.05, 0.1) is 10.5 Å². The van der Waals surface area contributed by atoms with Gasteiger partial charge in [0.25, 0.3) is 5.91 Å². The number of sulfonamides is 1. The summed E-state index contributed by atoms with van der Waals surface area (Å²) < 4.78 is 23.1. The van der Waals surface area contributed by atoms with Crippen LogP contribution in [0, 0.1) is 0 Å². The lowest BCUT2D eigenvalue weighted by molar-refractivity contribution is -0.123. The van der Waals surface area contributed by atoms with E-state index in [0.717, 1.165) is 34.2 Å². The lowest BCUT2D eigenvalue weighted by atomic mass is 9.94. The summed E-state index contributed by atoms with van der Waals surface area (Å²) >= 11 is 6.23. The van der Waals surface area contributed by atoms with Crippen LogP contribution in [0.1, 0.15) is 24.5 Å². The Balaban J connectivity index is 1.79. The number of hydrogen-bond donors (Lipinski definition) is 1. The number of nitrogens with two attached hydrogens (primary N) is 1. The fourth-order valence-electron chi connectivity index (χ4n) is 3.98. The Hall–Kier alpha value is -2.93. The molecule has 5 nitrogen and oxygen atoms in total. The molecule has 1 aliphatic heterocycles. The van der Waals surface area contributed by atoms with Crippen molar-refractivity contribution in [1.29, 1.82) is 0 Å². The average Bonchev–Trinajstić information content (AvgIpc) is 3.10. The van der Waals surface area contributed by atoms with Crippen LogP contribution in [0.25, 0.3) is 22.3 Å². The Kier molecular flexibility index (Phi) is 6.20. The van der Waals surface area contributed by atoms with Crippen molar-refractivity contribution >= 4 is 38.7 Å². The lowest BCUT2D eigenvalue weighted by Gasteiger charge is -2.15. The van der Waals surface area contributed by atoms with E-state index in [9.17, 15) is 13.2 Å². The Morgan fingerprint density at radius 2 is 1.56 bits per heavy atom. The third-order valence-electron chi connectivity index (χ3n) is 5.49. The Morgan fingerprint density at radius 1 is 0.906 bits per heavy atom. The minimum Gasteiger partial charge on any atom is -0.334 e. The molecule has 4 rings (SSSR count). The molecule has 0 fully saturated rings. The first kappa shape index (κ1) is 22.3. The molecule has 0 aromatic heterocycles. The highest BCUT2D eigenvalue weighted by atomic mass is 35.5. The van der Waals surface area contributed by atoms with Gasteiger partial charge in [-0.1, -0.05) is 61.0 Å². The number of nitrogens with zero attached hydrogens (tertiary/aromatic N) is 1. The lowest BCUT2D eigenvalue weighted by Crippen LogP contribution is -2.27. The summed E-state index contributed by atoms with van der Waals surface area (Å²) in [5, 5.41) is 5.83. The molecule has 164 valence electrons. The van der Waals surface area contributed by atoms with Gasteiger partial charge in [-0.2, -0.15) is 0 Å². The first-order valence-electron chi connectivity index (χ1n) is 10.3. The topological polar surface area (TPSA) is 80.5 Å². The SMILES string of the molecule is CCCN1CC(c2cccc(Cl)c2)=C(c2cccc(-c3ccc(S(N)(=O)=O)cc3)c2)C1=O. The van der Waals surface area contributed by atoms with Crippen LogP contribution < -0.4 is 5.14 Å². The van der Waals surface area contributed by atoms with E-state index >= 15 is 0 Å². The summed E-state index contributed by atoms with van der Waals surface area (Å²) in [7, 11) is -3.75. The fraction of sp³-hybridized carbons (Fsp3) is 0.160. The van der Waals surface area contributed by atoms with E-state index in [0.29, 0.717) is 23.7 Å². The van der Waals surface area contributed by atoms with Crippen molar-refractivity contribution < 1.29 is 13.2 Å². The number of rotatable bonds is 6. The highest BCUT2D eigenvalue weighted by Crippen LogP contribution is 2.36. The molecule has 1 amide bonds. The molecule has 32 heavy (non-hydrogen) atoms. The van der Waals surface area contributed by atoms with Crippen LogP contribution in [0.2, 0.25) is 5.02 Å². The molecule has 0 spiro atoms. The third kappa shape index (κ3) is 4.48. The Morgan fingerprint density at radius 3 is 2.22 bits per heavy atom. The van der Waals surface area contributed by atoms with E-state index < -0.39 is 10.0 Å². The highest BCUT2D eigenvalue weighted by Gasteiger charge is 2.31. The maximum absolute atomic E-state index is 13.3. The van der Waals surface area contributed by atoms with Crippen LogP contribution >= 0.6 is 11.6 Å². The number of benzene rings is 3. The van der Waals surface area contributed by atoms with Gasteiger partial charge < -0.3 is 4.90 Å². The van der Waals surface area contributed by atoms with Gasteiger partial charge in [-0.15, -0.1) is 0 Å². The predicted molar refractivity (Wildman–Crippen MR) is 128 cm³/mol. The first-order valence-corrected chi connectivity index (χ1v) is 12.2. The van der Waals surface area contributed by atoms with Crippen molar-refractivity contribution in [2.75, 3.05) is 13.1 Å². The monoisotopic (exact) mass is 466 g/mol. The summed E-state index contributed by atoms with van der Waals surface area (Å²) in [5.41, 5.74) is 5.08. The van der Waals surface area contributed by atoms with Gasteiger partial charge >= 0.3 is 0 Å². The van der Waals surface area contributed by atoms with Gasteiger partial charge in [-0.05, 0) is 64.6 Å². The van der Waals surface area contributed by atoms with Crippen molar-refractivity contribution in [3.63, 3.8) is 0 Å². The molecular formula is C25H23ClN2O3S. The first-order chi connectivity index (χ1) is 15.3. The van der Waals surface area contributed by atoms with Gasteiger partial charge in [0, 0.05) is 18.1 Å². The van der Waals surface area contributed by atoms with E-state index in [4.69, 9.17) is 16.7 Å². The molecule has 1 aliphatic rings. The zero-order valence-electron chi connectivity index (χ0n) is 17.6. The van der Waals surface area contributed by atoms with Crippen LogP contribution in [0.3, 0.4) is 0 Å². The summed E-state index contributed by atoms with van der Waals surface area (Å²) in [5.74, 6) is 0.00329. The Labute approximate surface area is 193 Å². The van der Waals surface area contributed by atoms with Crippen LogP contribution in [0.4, 0.5) is 0 Å². The molecule has 0 aliphatic carbocycles. The summed E-state index contributed by atoms with van der Waals surface area (Å²) in [4.78, 5) is 15.2. The average molecular weight is 467 g/mol. The zero-order valence-corrected chi connectivity index (χ0v) is 19.2. The number of carbonyl (C=O) groups excluding carboxylic acids is 1. The van der Waals surface area contributed by atoms with Crippen molar-refractivity contribution in [2.45, 2.75) is 18.2 Å². The molecular weight excluding hydrogens is 444 g/mol.